The maximum Gasteiger partial charge on any atom is 0.252 e. The molecule has 3 aromatic rings. The number of para-hydroxylation sites is 2. The molecule has 0 atom stereocenters. The summed E-state index contributed by atoms with van der Waals surface area (Å²) in [7, 11) is 0. The van der Waals surface area contributed by atoms with Gasteiger partial charge in [-0.25, -0.2) is 4.98 Å². The van der Waals surface area contributed by atoms with Crippen LogP contribution in [0.5, 0.6) is 0 Å². The van der Waals surface area contributed by atoms with E-state index in [1.807, 2.05) is 60.7 Å². The van der Waals surface area contributed by atoms with Crippen LogP contribution in [0.3, 0.4) is 0 Å². The largest absolute Gasteiger partial charge is 0.332 e. The van der Waals surface area contributed by atoms with Crippen LogP contribution in [-0.4, -0.2) is 15.1 Å². The first-order chi connectivity index (χ1) is 11.6. The van der Waals surface area contributed by atoms with Crippen molar-refractivity contribution in [2.24, 2.45) is 0 Å². The first-order valence-electron chi connectivity index (χ1n) is 7.42. The molecule has 0 aliphatic heterocycles. The summed E-state index contributed by atoms with van der Waals surface area (Å²) in [6.45, 7) is 1.77. The highest BCUT2D eigenvalue weighted by Gasteiger charge is 2.17. The first kappa shape index (κ1) is 15.9. The summed E-state index contributed by atoms with van der Waals surface area (Å²) >= 11 is 5.56. The van der Waals surface area contributed by atoms with Gasteiger partial charge in [0.2, 0.25) is 5.95 Å². The van der Waals surface area contributed by atoms with Crippen LogP contribution in [0.1, 0.15) is 5.69 Å². The average Bonchev–Trinajstić information content (AvgIpc) is 2.56. The number of nitrogens with zero attached hydrogens (tertiary/aromatic N) is 2. The Labute approximate surface area is 145 Å². The summed E-state index contributed by atoms with van der Waals surface area (Å²) < 4.78 is 0. The number of aryl methyl sites for hydroxylation is 1. The van der Waals surface area contributed by atoms with Crippen LogP contribution < -0.4 is 15.8 Å². The third-order valence-corrected chi connectivity index (χ3v) is 3.60. The van der Waals surface area contributed by atoms with Crippen molar-refractivity contribution in [3.8, 4) is 0 Å². The zero-order valence-electron chi connectivity index (χ0n) is 13.1. The molecular formula is C18H16N4OS. The van der Waals surface area contributed by atoms with Gasteiger partial charge in [0.05, 0.1) is 5.69 Å². The Bertz CT molecular complexity index is 894. The van der Waals surface area contributed by atoms with E-state index in [-0.39, 0.29) is 5.56 Å². The summed E-state index contributed by atoms with van der Waals surface area (Å²) in [6, 6.07) is 20.6. The molecule has 0 bridgehead atoms. The monoisotopic (exact) mass is 336 g/mol. The minimum Gasteiger partial charge on any atom is -0.332 e. The van der Waals surface area contributed by atoms with Gasteiger partial charge in [-0.15, -0.1) is 0 Å². The average molecular weight is 336 g/mol. The number of benzene rings is 2. The van der Waals surface area contributed by atoms with E-state index in [9.17, 15) is 4.79 Å². The molecule has 0 aliphatic carbocycles. The van der Waals surface area contributed by atoms with Gasteiger partial charge >= 0.3 is 0 Å². The molecule has 1 heterocycles. The molecule has 24 heavy (non-hydrogen) atoms. The Morgan fingerprint density at radius 2 is 1.71 bits per heavy atom. The van der Waals surface area contributed by atoms with Gasteiger partial charge in [-0.2, -0.15) is 0 Å². The predicted octanol–water partition coefficient (Wildman–Crippen LogP) is 3.61. The predicted molar refractivity (Wildman–Crippen MR) is 101 cm³/mol. The molecule has 0 spiro atoms. The number of thiocarbonyl (C=S) groups is 1. The Balaban J connectivity index is 2.02. The number of aromatic nitrogens is 2. The molecule has 0 aliphatic rings. The van der Waals surface area contributed by atoms with Gasteiger partial charge in [0.25, 0.3) is 5.56 Å². The van der Waals surface area contributed by atoms with Crippen molar-refractivity contribution in [1.82, 2.24) is 9.97 Å². The Morgan fingerprint density at radius 3 is 2.33 bits per heavy atom. The van der Waals surface area contributed by atoms with Crippen LogP contribution in [0, 0.1) is 6.92 Å². The van der Waals surface area contributed by atoms with E-state index in [0.29, 0.717) is 16.8 Å². The van der Waals surface area contributed by atoms with Crippen molar-refractivity contribution >= 4 is 34.7 Å². The van der Waals surface area contributed by atoms with Crippen LogP contribution in [0.4, 0.5) is 17.3 Å². The van der Waals surface area contributed by atoms with Gasteiger partial charge < -0.3 is 5.32 Å². The summed E-state index contributed by atoms with van der Waals surface area (Å²) in [4.78, 5) is 20.7. The normalized spacial score (nSPS) is 10.2. The lowest BCUT2D eigenvalue weighted by molar-refractivity contribution is 1.03. The van der Waals surface area contributed by atoms with Gasteiger partial charge in [-0.1, -0.05) is 36.4 Å². The highest BCUT2D eigenvalue weighted by Crippen LogP contribution is 2.22. The molecule has 120 valence electrons. The van der Waals surface area contributed by atoms with Gasteiger partial charge in [0, 0.05) is 17.4 Å². The molecule has 0 amide bonds. The van der Waals surface area contributed by atoms with Crippen molar-refractivity contribution in [2.45, 2.75) is 6.92 Å². The van der Waals surface area contributed by atoms with Crippen molar-refractivity contribution in [3.63, 3.8) is 0 Å². The van der Waals surface area contributed by atoms with E-state index >= 15 is 0 Å². The van der Waals surface area contributed by atoms with E-state index in [2.05, 4.69) is 15.3 Å². The van der Waals surface area contributed by atoms with Crippen molar-refractivity contribution in [2.75, 3.05) is 10.2 Å². The standard InChI is InChI=1S/C18H16N4OS/c1-13-12-16(23)21-17(19-13)22(15-10-6-3-7-11-15)18(24)20-14-8-4-2-5-9-14/h2-12H,1H3,(H,20,24)(H,19,21,23). The molecule has 0 saturated carbocycles. The fraction of sp³-hybridized carbons (Fsp3) is 0.0556. The summed E-state index contributed by atoms with van der Waals surface area (Å²) in [5.41, 5.74) is 2.07. The Kier molecular flexibility index (Phi) is 4.67. The smallest absolute Gasteiger partial charge is 0.252 e. The molecule has 2 N–H and O–H groups in total. The third-order valence-electron chi connectivity index (χ3n) is 3.31. The second-order valence-electron chi connectivity index (χ2n) is 5.18. The van der Waals surface area contributed by atoms with Crippen LogP contribution in [0.25, 0.3) is 0 Å². The zero-order valence-corrected chi connectivity index (χ0v) is 13.9. The van der Waals surface area contributed by atoms with E-state index in [1.165, 1.54) is 6.07 Å². The van der Waals surface area contributed by atoms with Crippen LogP contribution in [-0.2, 0) is 0 Å². The molecule has 3 rings (SSSR count). The molecule has 0 fully saturated rings. The lowest BCUT2D eigenvalue weighted by atomic mass is 10.3. The maximum absolute atomic E-state index is 11.8. The van der Waals surface area contributed by atoms with Gasteiger partial charge in [0.15, 0.2) is 5.11 Å². The number of H-pyrrole nitrogens is 1. The van der Waals surface area contributed by atoms with Gasteiger partial charge in [-0.3, -0.25) is 14.7 Å². The van der Waals surface area contributed by atoms with E-state index in [1.54, 1.807) is 11.8 Å². The molecule has 5 nitrogen and oxygen atoms in total. The second-order valence-corrected chi connectivity index (χ2v) is 5.56. The van der Waals surface area contributed by atoms with Crippen LogP contribution in [0.2, 0.25) is 0 Å². The Morgan fingerprint density at radius 1 is 1.08 bits per heavy atom. The first-order valence-corrected chi connectivity index (χ1v) is 7.83. The molecule has 1 aromatic heterocycles. The minimum absolute atomic E-state index is 0.221. The summed E-state index contributed by atoms with van der Waals surface area (Å²) in [5.74, 6) is 0.375. The highest BCUT2D eigenvalue weighted by atomic mass is 32.1. The van der Waals surface area contributed by atoms with Crippen molar-refractivity contribution < 1.29 is 0 Å². The van der Waals surface area contributed by atoms with E-state index < -0.39 is 0 Å². The third kappa shape index (κ3) is 3.67. The van der Waals surface area contributed by atoms with Gasteiger partial charge in [-0.05, 0) is 43.4 Å². The fourth-order valence-corrected chi connectivity index (χ4v) is 2.59. The van der Waals surface area contributed by atoms with E-state index in [0.717, 1.165) is 11.4 Å². The molecule has 0 radical (unpaired) electrons. The number of hydrogen-bond donors (Lipinski definition) is 2. The lowest BCUT2D eigenvalue weighted by Crippen LogP contribution is -2.33. The summed E-state index contributed by atoms with van der Waals surface area (Å²) in [5, 5.41) is 3.59. The van der Waals surface area contributed by atoms with Crippen LogP contribution >= 0.6 is 12.2 Å². The fourth-order valence-electron chi connectivity index (χ4n) is 2.28. The molecule has 0 saturated heterocycles. The molecule has 2 aromatic carbocycles. The quantitative estimate of drug-likeness (QED) is 0.716. The van der Waals surface area contributed by atoms with Crippen LogP contribution in [0.15, 0.2) is 71.5 Å². The summed E-state index contributed by atoms with van der Waals surface area (Å²) in [6.07, 6.45) is 0. The number of hydrogen-bond acceptors (Lipinski definition) is 3. The number of rotatable bonds is 3. The van der Waals surface area contributed by atoms with Gasteiger partial charge in [0.1, 0.15) is 0 Å². The van der Waals surface area contributed by atoms with E-state index in [4.69, 9.17) is 12.2 Å². The zero-order chi connectivity index (χ0) is 16.9. The van der Waals surface area contributed by atoms with Crippen molar-refractivity contribution in [1.29, 1.82) is 0 Å². The second kappa shape index (κ2) is 7.06. The number of nitrogens with one attached hydrogen (secondary N) is 2. The number of anilines is 3. The topological polar surface area (TPSA) is 61.0 Å². The SMILES string of the molecule is Cc1cc(=O)[nH]c(N(C(=S)Nc2ccccc2)c2ccccc2)n1. The molecule has 0 unspecified atom stereocenters. The molecule has 6 heteroatoms. The maximum atomic E-state index is 11.8. The minimum atomic E-state index is -0.221. The Hall–Kier alpha value is -2.99. The molecular weight excluding hydrogens is 320 g/mol. The lowest BCUT2D eigenvalue weighted by Gasteiger charge is -2.24. The van der Waals surface area contributed by atoms with Crippen molar-refractivity contribution in [3.05, 3.63) is 82.8 Å². The number of aromatic amines is 1. The highest BCUT2D eigenvalue weighted by molar-refractivity contribution is 7.80.